The topological polar surface area (TPSA) is 64.4 Å². The van der Waals surface area contributed by atoms with Crippen LogP contribution < -0.4 is 11.5 Å². The van der Waals surface area contributed by atoms with Gasteiger partial charge in [-0.1, -0.05) is 11.8 Å². The van der Waals surface area contributed by atoms with Gasteiger partial charge in [0.2, 0.25) is 0 Å². The van der Waals surface area contributed by atoms with Crippen molar-refractivity contribution in [1.29, 1.82) is 0 Å². The van der Waals surface area contributed by atoms with Gasteiger partial charge in [0.25, 0.3) is 0 Å². The van der Waals surface area contributed by atoms with Gasteiger partial charge >= 0.3 is 0 Å². The number of halogens is 1. The Morgan fingerprint density at radius 1 is 1.41 bits per heavy atom. The molecule has 1 aliphatic heterocycles. The molecule has 4 N–H and O–H groups in total. The summed E-state index contributed by atoms with van der Waals surface area (Å²) in [5.41, 5.74) is 13.9. The second-order valence-electron chi connectivity index (χ2n) is 3.97. The molecule has 0 aliphatic carbocycles. The van der Waals surface area contributed by atoms with Crippen LogP contribution in [-0.4, -0.2) is 11.2 Å². The lowest BCUT2D eigenvalue weighted by Gasteiger charge is -2.17. The van der Waals surface area contributed by atoms with E-state index in [-0.39, 0.29) is 11.9 Å². The molecule has 3 nitrogen and oxygen atoms in total. The maximum absolute atomic E-state index is 13.1. The number of amidine groups is 1. The second kappa shape index (κ2) is 4.79. The minimum atomic E-state index is -0.270. The number of nitrogen functional groups attached to an aromatic ring is 1. The van der Waals surface area contributed by atoms with E-state index < -0.39 is 0 Å². The molecule has 0 unspecified atom stereocenters. The van der Waals surface area contributed by atoms with Gasteiger partial charge < -0.3 is 11.5 Å². The van der Waals surface area contributed by atoms with Crippen molar-refractivity contribution in [2.45, 2.75) is 19.4 Å². The van der Waals surface area contributed by atoms with Gasteiger partial charge in [0.1, 0.15) is 5.82 Å². The Morgan fingerprint density at radius 2 is 2.18 bits per heavy atom. The first-order chi connectivity index (χ1) is 8.06. The Morgan fingerprint density at radius 3 is 2.88 bits per heavy atom. The van der Waals surface area contributed by atoms with Crippen LogP contribution >= 0.6 is 11.8 Å². The Labute approximate surface area is 104 Å². The quantitative estimate of drug-likeness (QED) is 0.793. The fourth-order valence-electron chi connectivity index (χ4n) is 1.68. The van der Waals surface area contributed by atoms with Crippen LogP contribution in [0.3, 0.4) is 0 Å². The maximum atomic E-state index is 13.1. The highest BCUT2D eigenvalue weighted by Gasteiger charge is 2.15. The summed E-state index contributed by atoms with van der Waals surface area (Å²) in [5, 5.41) is 2.53. The van der Waals surface area contributed by atoms with Crippen molar-refractivity contribution in [3.63, 3.8) is 0 Å². The van der Waals surface area contributed by atoms with Gasteiger partial charge in [0, 0.05) is 5.69 Å². The average Bonchev–Trinajstić information content (AvgIpc) is 2.27. The van der Waals surface area contributed by atoms with Crippen molar-refractivity contribution in [2.24, 2.45) is 10.7 Å². The van der Waals surface area contributed by atoms with Crippen LogP contribution in [0.4, 0.5) is 10.1 Å². The lowest BCUT2D eigenvalue weighted by molar-refractivity contribution is 0.626. The summed E-state index contributed by atoms with van der Waals surface area (Å²) in [5.74, 6) is -0.270. The summed E-state index contributed by atoms with van der Waals surface area (Å²) in [6.07, 6.45) is 0.606. The predicted molar refractivity (Wildman–Crippen MR) is 71.3 cm³/mol. The molecular formula is C12H14FN3S. The Hall–Kier alpha value is -1.49. The lowest BCUT2D eigenvalue weighted by Crippen LogP contribution is -2.17. The highest BCUT2D eigenvalue weighted by atomic mass is 32.2. The third kappa shape index (κ3) is 2.79. The van der Waals surface area contributed by atoms with Gasteiger partial charge in [-0.15, -0.1) is 0 Å². The molecule has 1 aromatic carbocycles. The van der Waals surface area contributed by atoms with Gasteiger partial charge in [-0.2, -0.15) is 0 Å². The minimum absolute atomic E-state index is 0.0268. The van der Waals surface area contributed by atoms with Crippen LogP contribution in [-0.2, 0) is 6.42 Å². The fourth-order valence-corrected chi connectivity index (χ4v) is 2.45. The van der Waals surface area contributed by atoms with Crippen LogP contribution in [0, 0.1) is 5.82 Å². The Kier molecular flexibility index (Phi) is 3.38. The lowest BCUT2D eigenvalue weighted by atomic mass is 10.00. The zero-order chi connectivity index (χ0) is 12.4. The number of rotatable bonds is 2. The van der Waals surface area contributed by atoms with E-state index in [0.717, 1.165) is 11.1 Å². The van der Waals surface area contributed by atoms with Gasteiger partial charge in [-0.3, -0.25) is 4.99 Å². The molecule has 17 heavy (non-hydrogen) atoms. The number of aliphatic imine (C=N–C) groups is 1. The summed E-state index contributed by atoms with van der Waals surface area (Å²) in [6, 6.07) is 4.44. The molecule has 5 heteroatoms. The van der Waals surface area contributed by atoms with Crippen LogP contribution in [0.1, 0.15) is 12.5 Å². The number of anilines is 1. The van der Waals surface area contributed by atoms with Crippen molar-refractivity contribution in [1.82, 2.24) is 0 Å². The zero-order valence-electron chi connectivity index (χ0n) is 9.48. The molecule has 0 fully saturated rings. The monoisotopic (exact) mass is 251 g/mol. The summed E-state index contributed by atoms with van der Waals surface area (Å²) < 4.78 is 13.1. The van der Waals surface area contributed by atoms with Crippen LogP contribution in [0.5, 0.6) is 0 Å². The molecule has 1 aromatic rings. The SMILES string of the molecule is C[C@@H]1N=C(N)SC=C1Cc1cc(F)ccc1N. The highest BCUT2D eigenvalue weighted by Crippen LogP contribution is 2.25. The Balaban J connectivity index is 2.19. The molecule has 90 valence electrons. The minimum Gasteiger partial charge on any atom is -0.398 e. The molecule has 1 atom stereocenters. The molecule has 0 saturated heterocycles. The molecule has 0 aromatic heterocycles. The first kappa shape index (κ1) is 12.0. The smallest absolute Gasteiger partial charge is 0.158 e. The van der Waals surface area contributed by atoms with E-state index in [9.17, 15) is 4.39 Å². The largest absolute Gasteiger partial charge is 0.398 e. The van der Waals surface area contributed by atoms with E-state index >= 15 is 0 Å². The van der Waals surface area contributed by atoms with Crippen molar-refractivity contribution < 1.29 is 4.39 Å². The molecular weight excluding hydrogens is 237 g/mol. The fraction of sp³-hybridized carbons (Fsp3) is 0.250. The summed E-state index contributed by atoms with van der Waals surface area (Å²) in [4.78, 5) is 4.27. The zero-order valence-corrected chi connectivity index (χ0v) is 10.3. The number of thioether (sulfide) groups is 1. The number of nitrogens with two attached hydrogens (primary N) is 2. The summed E-state index contributed by atoms with van der Waals surface area (Å²) >= 11 is 1.39. The van der Waals surface area contributed by atoms with Gasteiger partial charge in [-0.25, -0.2) is 4.39 Å². The normalized spacial score (nSPS) is 19.8. The molecule has 0 radical (unpaired) electrons. The second-order valence-corrected chi connectivity index (χ2v) is 4.86. The van der Waals surface area contributed by atoms with Crippen LogP contribution in [0.25, 0.3) is 0 Å². The molecule has 1 heterocycles. The highest BCUT2D eigenvalue weighted by molar-refractivity contribution is 8.16. The van der Waals surface area contributed by atoms with E-state index in [2.05, 4.69) is 4.99 Å². The average molecular weight is 251 g/mol. The number of nitrogens with zero attached hydrogens (tertiary/aromatic N) is 1. The third-order valence-corrected chi connectivity index (χ3v) is 3.46. The number of hydrogen-bond acceptors (Lipinski definition) is 4. The van der Waals surface area contributed by atoms with E-state index in [4.69, 9.17) is 11.5 Å². The van der Waals surface area contributed by atoms with Crippen molar-refractivity contribution in [3.8, 4) is 0 Å². The standard InChI is InChI=1S/C12H14FN3S/c1-7-9(6-17-12(15)16-7)4-8-5-10(13)2-3-11(8)14/h2-3,5-7H,4,14H2,1H3,(H2,15,16)/t7-/m0/s1. The first-order valence-electron chi connectivity index (χ1n) is 5.29. The van der Waals surface area contributed by atoms with Crippen LogP contribution in [0.15, 0.2) is 34.2 Å². The van der Waals surface area contributed by atoms with Crippen molar-refractivity contribution >= 4 is 22.6 Å². The molecule has 0 amide bonds. The van der Waals surface area contributed by atoms with Crippen molar-refractivity contribution in [2.75, 3.05) is 5.73 Å². The maximum Gasteiger partial charge on any atom is 0.158 e. The number of hydrogen-bond donors (Lipinski definition) is 2. The Bertz CT molecular complexity index is 497. The predicted octanol–water partition coefficient (Wildman–Crippen LogP) is 2.28. The van der Waals surface area contributed by atoms with Crippen LogP contribution in [0.2, 0.25) is 0 Å². The summed E-state index contributed by atoms with van der Waals surface area (Å²) in [7, 11) is 0. The van der Waals surface area contributed by atoms with E-state index in [1.54, 1.807) is 6.07 Å². The van der Waals surface area contributed by atoms with Gasteiger partial charge in [-0.05, 0) is 48.1 Å². The molecule has 1 aliphatic rings. The molecule has 0 bridgehead atoms. The molecule has 2 rings (SSSR count). The number of benzene rings is 1. The van der Waals surface area contributed by atoms with Gasteiger partial charge in [0.15, 0.2) is 5.17 Å². The van der Waals surface area contributed by atoms with Gasteiger partial charge in [0.05, 0.1) is 6.04 Å². The summed E-state index contributed by atoms with van der Waals surface area (Å²) in [6.45, 7) is 1.97. The van der Waals surface area contributed by atoms with E-state index in [1.165, 1.54) is 23.9 Å². The van der Waals surface area contributed by atoms with E-state index in [0.29, 0.717) is 17.3 Å². The van der Waals surface area contributed by atoms with Crippen molar-refractivity contribution in [3.05, 3.63) is 40.6 Å². The molecule has 0 saturated carbocycles. The third-order valence-electron chi connectivity index (χ3n) is 2.69. The van der Waals surface area contributed by atoms with E-state index in [1.807, 2.05) is 12.3 Å². The molecule has 0 spiro atoms. The first-order valence-corrected chi connectivity index (χ1v) is 6.17.